The zero-order valence-corrected chi connectivity index (χ0v) is 29.4. The number of imide groups is 2. The number of rotatable bonds is 6. The van der Waals surface area contributed by atoms with Crippen LogP contribution >= 0.6 is 0 Å². The van der Waals surface area contributed by atoms with Crippen molar-refractivity contribution in [1.82, 2.24) is 0 Å². The van der Waals surface area contributed by atoms with Crippen LogP contribution in [0, 0.1) is 36.0 Å². The molecule has 52 heavy (non-hydrogen) atoms. The highest BCUT2D eigenvalue weighted by atomic mass is 16.3. The van der Waals surface area contributed by atoms with Gasteiger partial charge in [-0.15, -0.1) is 0 Å². The number of fused-ring (bicyclic) bond motifs is 4. The molecule has 4 aromatic carbocycles. The van der Waals surface area contributed by atoms with Gasteiger partial charge in [-0.3, -0.25) is 24.1 Å². The number of benzene rings is 4. The first-order chi connectivity index (χ1) is 25.0. The third-order valence-corrected chi connectivity index (χ3v) is 11.6. The van der Waals surface area contributed by atoms with Crippen molar-refractivity contribution >= 4 is 52.1 Å². The van der Waals surface area contributed by atoms with Crippen LogP contribution in [0.4, 0.5) is 28.4 Å². The van der Waals surface area contributed by atoms with Gasteiger partial charge in [-0.05, 0) is 98.8 Å². The van der Waals surface area contributed by atoms with E-state index in [2.05, 4.69) is 10.2 Å². The van der Waals surface area contributed by atoms with Crippen LogP contribution in [0.15, 0.2) is 119 Å². The molecule has 262 valence electrons. The first-order valence-corrected chi connectivity index (χ1v) is 17.6. The van der Waals surface area contributed by atoms with Crippen LogP contribution < -0.4 is 14.7 Å². The molecule has 2 aliphatic heterocycles. The molecular weight excluding hydrogens is 654 g/mol. The number of azo groups is 1. The fourth-order valence-corrected chi connectivity index (χ4v) is 8.95. The maximum absolute atomic E-state index is 14.6. The zero-order chi connectivity index (χ0) is 36.5. The van der Waals surface area contributed by atoms with E-state index < -0.39 is 35.0 Å². The van der Waals surface area contributed by atoms with E-state index in [9.17, 15) is 24.3 Å². The molecule has 4 aromatic rings. The molecule has 0 radical (unpaired) electrons. The number of anilines is 3. The molecule has 1 N–H and O–H groups in total. The van der Waals surface area contributed by atoms with Crippen LogP contribution in [-0.4, -0.2) is 42.8 Å². The van der Waals surface area contributed by atoms with E-state index in [1.54, 1.807) is 67.6 Å². The molecule has 4 amide bonds. The average Bonchev–Trinajstić information content (AvgIpc) is 3.52. The van der Waals surface area contributed by atoms with E-state index in [-0.39, 0.29) is 35.8 Å². The van der Waals surface area contributed by atoms with E-state index in [4.69, 9.17) is 0 Å². The van der Waals surface area contributed by atoms with E-state index in [1.165, 1.54) is 9.80 Å². The van der Waals surface area contributed by atoms with Crippen LogP contribution in [0.1, 0.15) is 36.8 Å². The number of aryl methyl sites for hydroxylation is 1. The van der Waals surface area contributed by atoms with E-state index in [0.29, 0.717) is 40.3 Å². The number of carbonyl (C=O) groups is 4. The molecule has 0 bridgehead atoms. The molecule has 0 spiro atoms. The van der Waals surface area contributed by atoms with Crippen molar-refractivity contribution < 1.29 is 24.3 Å². The quantitative estimate of drug-likeness (QED) is 0.126. The van der Waals surface area contributed by atoms with Gasteiger partial charge in [0.2, 0.25) is 23.6 Å². The van der Waals surface area contributed by atoms with Gasteiger partial charge in [-0.2, -0.15) is 10.2 Å². The molecule has 6 atom stereocenters. The summed E-state index contributed by atoms with van der Waals surface area (Å²) >= 11 is 0. The minimum atomic E-state index is -1.22. The average molecular weight is 694 g/mol. The van der Waals surface area contributed by atoms with E-state index >= 15 is 0 Å². The fraction of sp³-hybridized carbons (Fsp3) is 0.286. The minimum Gasteiger partial charge on any atom is -0.507 e. The molecule has 10 nitrogen and oxygen atoms in total. The van der Waals surface area contributed by atoms with Gasteiger partial charge >= 0.3 is 0 Å². The SMILES string of the molecule is Cc1cccc(C2C3=CCC4C(=O)N(c5ccc(N=Nc6ccc(N(C)C)cc6)cc5)C(=O)C4C3CC3C(=O)N(c4ccccc4)C(=O)C32C)c1O. The summed E-state index contributed by atoms with van der Waals surface area (Å²) in [6.07, 6.45) is 2.54. The Hall–Kier alpha value is -5.90. The Morgan fingerprint density at radius 2 is 1.37 bits per heavy atom. The smallest absolute Gasteiger partial charge is 0.241 e. The largest absolute Gasteiger partial charge is 0.507 e. The molecule has 10 heteroatoms. The molecule has 1 saturated carbocycles. The molecule has 8 rings (SSSR count). The van der Waals surface area contributed by atoms with Crippen LogP contribution in [-0.2, 0) is 19.2 Å². The number of phenols is 1. The first-order valence-electron chi connectivity index (χ1n) is 17.6. The lowest BCUT2D eigenvalue weighted by atomic mass is 9.51. The van der Waals surface area contributed by atoms with Crippen molar-refractivity contribution in [2.45, 2.75) is 32.6 Å². The number of aromatic hydroxyl groups is 1. The summed E-state index contributed by atoms with van der Waals surface area (Å²) in [5, 5.41) is 20.1. The standard InChI is InChI=1S/C42H39N5O5/c1-24-9-8-12-32(37(24)48)36-30-21-22-31-35(33(30)23-34-39(50)47(41(52)42(34,36)2)28-10-6-5-7-11-28)40(51)46(38(31)49)29-19-15-26(16-20-29)44-43-25-13-17-27(18-14-25)45(3)4/h5-21,31,33-36,48H,22-23H2,1-4H3. The number of hydrogen-bond acceptors (Lipinski definition) is 8. The van der Waals surface area contributed by atoms with Gasteiger partial charge in [0, 0.05) is 31.3 Å². The van der Waals surface area contributed by atoms with Gasteiger partial charge < -0.3 is 10.0 Å². The topological polar surface area (TPSA) is 123 Å². The molecule has 6 unspecified atom stereocenters. The predicted molar refractivity (Wildman–Crippen MR) is 198 cm³/mol. The maximum atomic E-state index is 14.6. The summed E-state index contributed by atoms with van der Waals surface area (Å²) in [6, 6.07) is 28.9. The minimum absolute atomic E-state index is 0.0628. The third-order valence-electron chi connectivity index (χ3n) is 11.6. The Labute approximate surface area is 302 Å². The summed E-state index contributed by atoms with van der Waals surface area (Å²) in [5.74, 6) is -4.48. The Bertz CT molecular complexity index is 2180. The van der Waals surface area contributed by atoms with E-state index in [1.807, 2.05) is 68.4 Å². The van der Waals surface area contributed by atoms with Crippen molar-refractivity contribution in [3.8, 4) is 5.75 Å². The zero-order valence-electron chi connectivity index (χ0n) is 29.4. The van der Waals surface area contributed by atoms with Crippen LogP contribution in [0.5, 0.6) is 5.75 Å². The first kappa shape index (κ1) is 33.3. The summed E-state index contributed by atoms with van der Waals surface area (Å²) in [5.41, 5.74) is 4.04. The number of carbonyl (C=O) groups excluding carboxylic acids is 4. The van der Waals surface area contributed by atoms with E-state index in [0.717, 1.165) is 11.3 Å². The second-order valence-electron chi connectivity index (χ2n) is 14.6. The number of para-hydroxylation sites is 2. The number of allylic oxidation sites excluding steroid dienone is 2. The molecule has 2 saturated heterocycles. The van der Waals surface area contributed by atoms with Crippen molar-refractivity contribution in [1.29, 1.82) is 0 Å². The second kappa shape index (κ2) is 12.4. The highest BCUT2D eigenvalue weighted by molar-refractivity contribution is 6.25. The molecule has 2 heterocycles. The monoisotopic (exact) mass is 693 g/mol. The van der Waals surface area contributed by atoms with Gasteiger partial charge in [0.15, 0.2) is 0 Å². The van der Waals surface area contributed by atoms with Crippen molar-refractivity contribution in [2.75, 3.05) is 28.8 Å². The van der Waals surface area contributed by atoms with Crippen LogP contribution in [0.3, 0.4) is 0 Å². The second-order valence-corrected chi connectivity index (χ2v) is 14.6. The number of phenolic OH excluding ortho intramolecular Hbond substituents is 1. The highest BCUT2D eigenvalue weighted by Crippen LogP contribution is 2.64. The predicted octanol–water partition coefficient (Wildman–Crippen LogP) is 7.62. The lowest BCUT2D eigenvalue weighted by Crippen LogP contribution is -2.49. The Morgan fingerprint density at radius 3 is 2.02 bits per heavy atom. The molecule has 0 aromatic heterocycles. The van der Waals surface area contributed by atoms with Gasteiger partial charge in [0.25, 0.3) is 0 Å². The Morgan fingerprint density at radius 1 is 0.731 bits per heavy atom. The third kappa shape index (κ3) is 4.99. The van der Waals surface area contributed by atoms with Gasteiger partial charge in [-0.1, -0.05) is 48.0 Å². The van der Waals surface area contributed by atoms with Crippen LogP contribution in [0.2, 0.25) is 0 Å². The summed E-state index contributed by atoms with van der Waals surface area (Å²) < 4.78 is 0. The lowest BCUT2D eigenvalue weighted by molar-refractivity contribution is -0.131. The van der Waals surface area contributed by atoms with Gasteiger partial charge in [0.05, 0.1) is 45.9 Å². The van der Waals surface area contributed by atoms with Gasteiger partial charge in [0.1, 0.15) is 5.75 Å². The van der Waals surface area contributed by atoms with Crippen molar-refractivity contribution in [2.24, 2.45) is 39.3 Å². The highest BCUT2D eigenvalue weighted by Gasteiger charge is 2.68. The normalized spacial score (nSPS) is 26.8. The molecular formula is C42H39N5O5. The fourth-order valence-electron chi connectivity index (χ4n) is 8.95. The Balaban J connectivity index is 1.13. The number of hydrogen-bond donors (Lipinski definition) is 1. The number of nitrogens with zero attached hydrogens (tertiary/aromatic N) is 5. The summed E-state index contributed by atoms with van der Waals surface area (Å²) in [7, 11) is 3.93. The van der Waals surface area contributed by atoms with Gasteiger partial charge in [-0.25, -0.2) is 4.90 Å². The molecule has 4 aliphatic rings. The van der Waals surface area contributed by atoms with Crippen molar-refractivity contribution in [3.63, 3.8) is 0 Å². The molecule has 2 aliphatic carbocycles. The number of amides is 4. The summed E-state index contributed by atoms with van der Waals surface area (Å²) in [4.78, 5) is 61.9. The Kier molecular flexibility index (Phi) is 7.93. The molecule has 3 fully saturated rings. The van der Waals surface area contributed by atoms with Crippen molar-refractivity contribution in [3.05, 3.63) is 120 Å². The lowest BCUT2D eigenvalue weighted by Gasteiger charge is -2.49. The summed E-state index contributed by atoms with van der Waals surface area (Å²) in [6.45, 7) is 3.62. The van der Waals surface area contributed by atoms with Crippen LogP contribution in [0.25, 0.3) is 0 Å². The maximum Gasteiger partial charge on any atom is 0.241 e.